The van der Waals surface area contributed by atoms with Gasteiger partial charge in [-0.2, -0.15) is 0 Å². The van der Waals surface area contributed by atoms with Crippen molar-refractivity contribution in [1.29, 1.82) is 0 Å². The molecular weight excluding hydrogens is 471 g/mol. The van der Waals surface area contributed by atoms with Crippen molar-refractivity contribution in [1.82, 2.24) is 0 Å². The Morgan fingerprint density at radius 2 is 1.86 bits per heavy atom. The van der Waals surface area contributed by atoms with Gasteiger partial charge in [-0.05, 0) is 51.4 Å². The zero-order chi connectivity index (χ0) is 26.3. The molecule has 7 atom stereocenters. The van der Waals surface area contributed by atoms with Gasteiger partial charge in [0.15, 0.2) is 12.6 Å². The van der Waals surface area contributed by atoms with Gasteiger partial charge in [-0.15, -0.1) is 11.8 Å². The largest absolute Gasteiger partial charge is 0.392 e. The SMILES string of the molecule is CCC#CCC(C)(C)[C@@H](C#C[C@H]1[C@H](OC2CCCCO2)C[C@@H]2C/C(=C/CO)C[C@]21F)OC1CCCCO1. The molecule has 0 radical (unpaired) electrons. The van der Waals surface area contributed by atoms with Crippen molar-refractivity contribution < 1.29 is 28.4 Å². The first-order chi connectivity index (χ1) is 17.9. The number of aliphatic hydroxyl groups excluding tert-OH is 1. The fourth-order valence-electron chi connectivity index (χ4n) is 6.12. The molecule has 2 saturated heterocycles. The third-order valence-electron chi connectivity index (χ3n) is 8.29. The van der Waals surface area contributed by atoms with Crippen LogP contribution in [0.3, 0.4) is 0 Å². The van der Waals surface area contributed by atoms with E-state index in [0.29, 0.717) is 38.9 Å². The van der Waals surface area contributed by atoms with E-state index in [4.69, 9.17) is 18.9 Å². The predicted molar refractivity (Wildman–Crippen MR) is 141 cm³/mol. The van der Waals surface area contributed by atoms with E-state index in [-0.39, 0.29) is 36.6 Å². The average Bonchev–Trinajstić information content (AvgIpc) is 3.32. The maximum absolute atomic E-state index is 16.8. The second kappa shape index (κ2) is 13.1. The van der Waals surface area contributed by atoms with Gasteiger partial charge in [0.05, 0.1) is 18.6 Å². The molecule has 2 saturated carbocycles. The lowest BCUT2D eigenvalue weighted by molar-refractivity contribution is -0.195. The Morgan fingerprint density at radius 1 is 1.14 bits per heavy atom. The molecule has 0 bridgehead atoms. The van der Waals surface area contributed by atoms with Gasteiger partial charge in [0.1, 0.15) is 11.8 Å². The molecule has 0 aromatic rings. The molecule has 0 aromatic heterocycles. The normalized spacial score (nSPS) is 35.8. The molecule has 37 heavy (non-hydrogen) atoms. The number of hydrogen-bond donors (Lipinski definition) is 1. The van der Waals surface area contributed by atoms with Crippen molar-refractivity contribution in [2.24, 2.45) is 17.3 Å². The number of allylic oxidation sites excluding steroid dienone is 1. The molecule has 1 N–H and O–H groups in total. The number of hydrogen-bond acceptors (Lipinski definition) is 5. The summed E-state index contributed by atoms with van der Waals surface area (Å²) in [5.41, 5.74) is -0.851. The summed E-state index contributed by atoms with van der Waals surface area (Å²) in [6.45, 7) is 7.59. The number of ether oxygens (including phenoxy) is 4. The van der Waals surface area contributed by atoms with Crippen LogP contribution in [0.4, 0.5) is 4.39 Å². The molecule has 206 valence electrons. The molecule has 4 aliphatic rings. The highest BCUT2D eigenvalue weighted by atomic mass is 19.1. The van der Waals surface area contributed by atoms with Gasteiger partial charge in [-0.25, -0.2) is 4.39 Å². The minimum atomic E-state index is -1.48. The van der Waals surface area contributed by atoms with Gasteiger partial charge >= 0.3 is 0 Å². The first-order valence-corrected chi connectivity index (χ1v) is 14.3. The Morgan fingerprint density at radius 3 is 2.51 bits per heavy atom. The third kappa shape index (κ3) is 7.17. The van der Waals surface area contributed by atoms with E-state index < -0.39 is 17.7 Å². The molecule has 2 aliphatic carbocycles. The second-order valence-electron chi connectivity index (χ2n) is 11.7. The lowest BCUT2D eigenvalue weighted by Crippen LogP contribution is -2.38. The highest BCUT2D eigenvalue weighted by molar-refractivity contribution is 5.29. The van der Waals surface area contributed by atoms with Crippen LogP contribution < -0.4 is 0 Å². The Balaban J connectivity index is 1.60. The molecule has 0 aromatic carbocycles. The van der Waals surface area contributed by atoms with Crippen LogP contribution in [-0.2, 0) is 18.9 Å². The lowest BCUT2D eigenvalue weighted by Gasteiger charge is -2.34. The minimum Gasteiger partial charge on any atom is -0.392 e. The van der Waals surface area contributed by atoms with Crippen molar-refractivity contribution in [2.75, 3.05) is 19.8 Å². The summed E-state index contributed by atoms with van der Waals surface area (Å²) in [5.74, 6) is 12.4. The fraction of sp³-hybridized carbons (Fsp3) is 0.806. The Kier molecular flexibility index (Phi) is 10.1. The van der Waals surface area contributed by atoms with Crippen LogP contribution in [0.25, 0.3) is 0 Å². The van der Waals surface area contributed by atoms with Crippen LogP contribution in [0.1, 0.15) is 91.4 Å². The molecule has 2 aliphatic heterocycles. The summed E-state index contributed by atoms with van der Waals surface area (Å²) in [4.78, 5) is 0. The smallest absolute Gasteiger partial charge is 0.159 e. The molecule has 0 amide bonds. The van der Waals surface area contributed by atoms with E-state index in [0.717, 1.165) is 50.5 Å². The molecule has 2 heterocycles. The molecule has 4 fully saturated rings. The quantitative estimate of drug-likeness (QED) is 0.348. The number of aliphatic hydroxyl groups is 1. The van der Waals surface area contributed by atoms with Crippen LogP contribution in [0.15, 0.2) is 11.6 Å². The Labute approximate surface area is 222 Å². The summed E-state index contributed by atoms with van der Waals surface area (Å²) < 4.78 is 41.3. The van der Waals surface area contributed by atoms with Gasteiger partial charge < -0.3 is 24.1 Å². The zero-order valence-electron chi connectivity index (χ0n) is 22.9. The van der Waals surface area contributed by atoms with E-state index in [2.05, 4.69) is 37.5 Å². The highest BCUT2D eigenvalue weighted by Crippen LogP contribution is 2.56. The molecule has 2 unspecified atom stereocenters. The van der Waals surface area contributed by atoms with Gasteiger partial charge in [-0.1, -0.05) is 44.3 Å². The summed E-state index contributed by atoms with van der Waals surface area (Å²) >= 11 is 0. The maximum Gasteiger partial charge on any atom is 0.159 e. The number of fused-ring (bicyclic) bond motifs is 1. The van der Waals surface area contributed by atoms with Crippen LogP contribution in [0.5, 0.6) is 0 Å². The predicted octanol–water partition coefficient (Wildman–Crippen LogP) is 5.70. The van der Waals surface area contributed by atoms with Crippen molar-refractivity contribution in [3.8, 4) is 23.7 Å². The van der Waals surface area contributed by atoms with E-state index in [1.54, 1.807) is 6.08 Å². The number of halogens is 1. The van der Waals surface area contributed by atoms with Crippen molar-refractivity contribution in [2.45, 2.75) is 122 Å². The van der Waals surface area contributed by atoms with Crippen LogP contribution in [0, 0.1) is 40.9 Å². The molecular formula is C31H45FO5. The molecule has 5 nitrogen and oxygen atoms in total. The second-order valence-corrected chi connectivity index (χ2v) is 11.7. The van der Waals surface area contributed by atoms with Crippen molar-refractivity contribution >= 4 is 0 Å². The summed E-state index contributed by atoms with van der Waals surface area (Å²) in [6.07, 6.45) is 9.29. The first kappa shape index (κ1) is 28.6. The van der Waals surface area contributed by atoms with Gasteiger partial charge in [0, 0.05) is 43.8 Å². The van der Waals surface area contributed by atoms with E-state index in [9.17, 15) is 5.11 Å². The standard InChI is InChI=1S/C31H45FO5/c1-4-5-8-16-30(2,3)27(37-29-12-7-10-19-35-29)14-13-25-26(36-28-11-6-9-18-34-28)21-24-20-23(15-17-33)22-31(24,25)32/h15,24-29,33H,4,6-7,9-12,16-22H2,1-3H3/b23-15-/t24-,25-,26+,27+,28?,29?,31-/m0/s1. The third-order valence-corrected chi connectivity index (χ3v) is 8.29. The summed E-state index contributed by atoms with van der Waals surface area (Å²) in [5, 5.41) is 9.41. The topological polar surface area (TPSA) is 57.2 Å². The van der Waals surface area contributed by atoms with E-state index in [1.807, 2.05) is 6.92 Å². The van der Waals surface area contributed by atoms with Crippen molar-refractivity contribution in [3.63, 3.8) is 0 Å². The molecule has 4 rings (SSSR count). The van der Waals surface area contributed by atoms with Gasteiger partial charge in [0.2, 0.25) is 0 Å². The van der Waals surface area contributed by atoms with Crippen molar-refractivity contribution in [3.05, 3.63) is 11.6 Å². The Bertz CT molecular complexity index is 896. The Hall–Kier alpha value is -1.41. The van der Waals surface area contributed by atoms with Gasteiger partial charge in [-0.3, -0.25) is 0 Å². The lowest BCUT2D eigenvalue weighted by atomic mass is 9.82. The number of rotatable bonds is 7. The average molecular weight is 517 g/mol. The highest BCUT2D eigenvalue weighted by Gasteiger charge is 2.60. The van der Waals surface area contributed by atoms with Gasteiger partial charge in [0.25, 0.3) is 0 Å². The van der Waals surface area contributed by atoms with Crippen LogP contribution in [-0.4, -0.2) is 55.4 Å². The maximum atomic E-state index is 16.8. The van der Waals surface area contributed by atoms with E-state index in [1.165, 1.54) is 0 Å². The first-order valence-electron chi connectivity index (χ1n) is 14.3. The molecule has 0 spiro atoms. The number of alkyl halides is 1. The summed E-state index contributed by atoms with van der Waals surface area (Å²) in [7, 11) is 0. The zero-order valence-corrected chi connectivity index (χ0v) is 22.9. The fourth-order valence-corrected chi connectivity index (χ4v) is 6.12. The van der Waals surface area contributed by atoms with Crippen LogP contribution >= 0.6 is 0 Å². The van der Waals surface area contributed by atoms with Crippen LogP contribution in [0.2, 0.25) is 0 Å². The monoisotopic (exact) mass is 516 g/mol. The minimum absolute atomic E-state index is 0.0609. The van der Waals surface area contributed by atoms with E-state index >= 15 is 4.39 Å². The molecule has 6 heteroatoms. The summed E-state index contributed by atoms with van der Waals surface area (Å²) in [6, 6.07) is 0.